The quantitative estimate of drug-likeness (QED) is 0.725. The van der Waals surface area contributed by atoms with Crippen molar-refractivity contribution in [1.82, 2.24) is 4.98 Å². The van der Waals surface area contributed by atoms with Gasteiger partial charge in [-0.3, -0.25) is 4.79 Å². The molecule has 0 aliphatic heterocycles. The second-order valence-electron chi connectivity index (χ2n) is 4.73. The van der Waals surface area contributed by atoms with Gasteiger partial charge in [-0.25, -0.2) is 0 Å². The lowest BCUT2D eigenvalue weighted by molar-refractivity contribution is -0.116. The van der Waals surface area contributed by atoms with E-state index in [0.717, 1.165) is 28.5 Å². The van der Waals surface area contributed by atoms with Gasteiger partial charge >= 0.3 is 0 Å². The van der Waals surface area contributed by atoms with E-state index in [1.54, 1.807) is 0 Å². The lowest BCUT2D eigenvalue weighted by atomic mass is 10.1. The highest BCUT2D eigenvalue weighted by Crippen LogP contribution is 2.27. The molecule has 0 spiro atoms. The number of aromatic nitrogens is 1. The van der Waals surface area contributed by atoms with Crippen molar-refractivity contribution in [3.05, 3.63) is 42.5 Å². The molecule has 0 atom stereocenters. The lowest BCUT2D eigenvalue weighted by Crippen LogP contribution is -2.10. The summed E-state index contributed by atoms with van der Waals surface area (Å²) in [5, 5.41) is 5.26. The van der Waals surface area contributed by atoms with Crippen molar-refractivity contribution in [3.63, 3.8) is 0 Å². The van der Waals surface area contributed by atoms with Gasteiger partial charge in [-0.2, -0.15) is 0 Å². The minimum absolute atomic E-state index is 0.0710. The summed E-state index contributed by atoms with van der Waals surface area (Å²) in [5.74, 6) is 0.0710. The third kappa shape index (κ3) is 2.19. The van der Waals surface area contributed by atoms with E-state index in [2.05, 4.69) is 22.4 Å². The minimum Gasteiger partial charge on any atom is -0.355 e. The first-order valence-corrected chi connectivity index (χ1v) is 6.58. The molecule has 0 saturated carbocycles. The number of para-hydroxylation sites is 1. The number of carbonyl (C=O) groups is 1. The molecule has 3 heteroatoms. The van der Waals surface area contributed by atoms with E-state index in [1.165, 1.54) is 5.39 Å². The Bertz CT molecular complexity index is 743. The Morgan fingerprint density at radius 1 is 1.11 bits per heavy atom. The average molecular weight is 252 g/mol. The van der Waals surface area contributed by atoms with Gasteiger partial charge in [0.05, 0.1) is 0 Å². The Balaban J connectivity index is 2.04. The maximum atomic E-state index is 11.6. The van der Waals surface area contributed by atoms with Gasteiger partial charge in [0.15, 0.2) is 0 Å². The van der Waals surface area contributed by atoms with Crippen LogP contribution in [0.1, 0.15) is 19.8 Å². The molecule has 0 radical (unpaired) electrons. The van der Waals surface area contributed by atoms with Crippen LogP contribution >= 0.6 is 0 Å². The molecule has 2 aromatic carbocycles. The summed E-state index contributed by atoms with van der Waals surface area (Å²) < 4.78 is 0. The summed E-state index contributed by atoms with van der Waals surface area (Å²) in [7, 11) is 0. The van der Waals surface area contributed by atoms with Gasteiger partial charge < -0.3 is 10.3 Å². The Morgan fingerprint density at radius 3 is 2.74 bits per heavy atom. The predicted octanol–water partition coefficient (Wildman–Crippen LogP) is 4.06. The van der Waals surface area contributed by atoms with E-state index in [1.807, 2.05) is 37.3 Å². The van der Waals surface area contributed by atoms with Crippen LogP contribution in [0.5, 0.6) is 0 Å². The number of nitrogens with one attached hydrogen (secondary N) is 2. The van der Waals surface area contributed by atoms with Crippen molar-refractivity contribution in [2.45, 2.75) is 19.8 Å². The summed E-state index contributed by atoms with van der Waals surface area (Å²) in [4.78, 5) is 15.0. The van der Waals surface area contributed by atoms with Crippen molar-refractivity contribution in [1.29, 1.82) is 0 Å². The van der Waals surface area contributed by atoms with Gasteiger partial charge in [0.25, 0.3) is 0 Å². The van der Waals surface area contributed by atoms with Crippen molar-refractivity contribution < 1.29 is 4.79 Å². The number of amides is 1. The maximum absolute atomic E-state index is 11.6. The number of H-pyrrole nitrogens is 1. The van der Waals surface area contributed by atoms with Crippen molar-refractivity contribution in [2.24, 2.45) is 0 Å². The Labute approximate surface area is 111 Å². The van der Waals surface area contributed by atoms with Crippen LogP contribution in [0.15, 0.2) is 42.5 Å². The van der Waals surface area contributed by atoms with Gasteiger partial charge in [-0.05, 0) is 30.7 Å². The SMILES string of the molecule is CCCC(=O)Nc1ccc2[nH]c3ccccc3c2c1. The molecule has 3 nitrogen and oxygen atoms in total. The maximum Gasteiger partial charge on any atom is 0.224 e. The molecular formula is C16H16N2O. The number of aromatic amines is 1. The van der Waals surface area contributed by atoms with Gasteiger partial charge in [0.1, 0.15) is 0 Å². The van der Waals surface area contributed by atoms with E-state index in [9.17, 15) is 4.79 Å². The van der Waals surface area contributed by atoms with Crippen LogP contribution in [0.25, 0.3) is 21.8 Å². The highest BCUT2D eigenvalue weighted by Gasteiger charge is 2.06. The first-order valence-electron chi connectivity index (χ1n) is 6.58. The molecule has 0 aliphatic carbocycles. The number of rotatable bonds is 3. The summed E-state index contributed by atoms with van der Waals surface area (Å²) >= 11 is 0. The number of hydrogen-bond donors (Lipinski definition) is 2. The van der Waals surface area contributed by atoms with Crippen LogP contribution in [-0.4, -0.2) is 10.9 Å². The third-order valence-corrected chi connectivity index (χ3v) is 3.27. The molecule has 3 aromatic rings. The molecule has 0 unspecified atom stereocenters. The number of benzene rings is 2. The molecule has 19 heavy (non-hydrogen) atoms. The fourth-order valence-electron chi connectivity index (χ4n) is 2.38. The van der Waals surface area contributed by atoms with E-state index in [0.29, 0.717) is 6.42 Å². The van der Waals surface area contributed by atoms with Gasteiger partial charge in [-0.1, -0.05) is 25.1 Å². The molecule has 2 N–H and O–H groups in total. The summed E-state index contributed by atoms with van der Waals surface area (Å²) in [5.41, 5.74) is 3.07. The zero-order valence-corrected chi connectivity index (χ0v) is 10.9. The van der Waals surface area contributed by atoms with Gasteiger partial charge in [0, 0.05) is 33.9 Å². The van der Waals surface area contributed by atoms with Crippen LogP contribution in [0.2, 0.25) is 0 Å². The predicted molar refractivity (Wildman–Crippen MR) is 79.3 cm³/mol. The van der Waals surface area contributed by atoms with Crippen molar-refractivity contribution in [3.8, 4) is 0 Å². The topological polar surface area (TPSA) is 44.9 Å². The van der Waals surface area contributed by atoms with Crippen LogP contribution in [0.3, 0.4) is 0 Å². The summed E-state index contributed by atoms with van der Waals surface area (Å²) in [6.45, 7) is 2.00. The molecule has 0 fully saturated rings. The zero-order valence-electron chi connectivity index (χ0n) is 10.9. The molecule has 0 saturated heterocycles. The summed E-state index contributed by atoms with van der Waals surface area (Å²) in [6.07, 6.45) is 1.42. The third-order valence-electron chi connectivity index (χ3n) is 3.27. The Kier molecular flexibility index (Phi) is 2.95. The minimum atomic E-state index is 0.0710. The highest BCUT2D eigenvalue weighted by atomic mass is 16.1. The lowest BCUT2D eigenvalue weighted by Gasteiger charge is -2.04. The number of carbonyl (C=O) groups excluding carboxylic acids is 1. The molecule has 1 heterocycles. The van der Waals surface area contributed by atoms with Crippen LogP contribution in [-0.2, 0) is 4.79 Å². The normalized spacial score (nSPS) is 11.0. The van der Waals surface area contributed by atoms with Gasteiger partial charge in [-0.15, -0.1) is 0 Å². The van der Waals surface area contributed by atoms with E-state index < -0.39 is 0 Å². The van der Waals surface area contributed by atoms with Crippen LogP contribution < -0.4 is 5.32 Å². The monoisotopic (exact) mass is 252 g/mol. The molecule has 1 aromatic heterocycles. The highest BCUT2D eigenvalue weighted by molar-refractivity contribution is 6.08. The van der Waals surface area contributed by atoms with E-state index >= 15 is 0 Å². The largest absolute Gasteiger partial charge is 0.355 e. The molecule has 0 aliphatic rings. The Morgan fingerprint density at radius 2 is 1.89 bits per heavy atom. The standard InChI is InChI=1S/C16H16N2O/c1-2-5-16(19)17-11-8-9-15-13(10-11)12-6-3-4-7-14(12)18-15/h3-4,6-10,18H,2,5H2,1H3,(H,17,19). The molecule has 0 bridgehead atoms. The fraction of sp³-hybridized carbons (Fsp3) is 0.188. The number of anilines is 1. The first kappa shape index (κ1) is 11.8. The fourth-order valence-corrected chi connectivity index (χ4v) is 2.38. The molecular weight excluding hydrogens is 236 g/mol. The van der Waals surface area contributed by atoms with Gasteiger partial charge in [0.2, 0.25) is 5.91 Å². The van der Waals surface area contributed by atoms with Crippen molar-refractivity contribution >= 4 is 33.4 Å². The van der Waals surface area contributed by atoms with Crippen molar-refractivity contribution in [2.75, 3.05) is 5.32 Å². The van der Waals surface area contributed by atoms with Crippen LogP contribution in [0, 0.1) is 0 Å². The number of hydrogen-bond acceptors (Lipinski definition) is 1. The van der Waals surface area contributed by atoms with E-state index in [4.69, 9.17) is 0 Å². The van der Waals surface area contributed by atoms with E-state index in [-0.39, 0.29) is 5.91 Å². The first-order chi connectivity index (χ1) is 9.28. The molecule has 3 rings (SSSR count). The second kappa shape index (κ2) is 4.76. The molecule has 96 valence electrons. The summed E-state index contributed by atoms with van der Waals surface area (Å²) in [6, 6.07) is 14.2. The Hall–Kier alpha value is -2.29. The zero-order chi connectivity index (χ0) is 13.2. The number of fused-ring (bicyclic) bond motifs is 3. The smallest absolute Gasteiger partial charge is 0.224 e. The average Bonchev–Trinajstić information content (AvgIpc) is 2.77. The second-order valence-corrected chi connectivity index (χ2v) is 4.73. The van der Waals surface area contributed by atoms with Crippen LogP contribution in [0.4, 0.5) is 5.69 Å². The molecule has 1 amide bonds.